The number of rotatable bonds is 8. The Balaban J connectivity index is 3.45. The number of aliphatic carboxylic acids is 1. The van der Waals surface area contributed by atoms with Gasteiger partial charge in [0.15, 0.2) is 6.10 Å². The number of hydrogen-bond donors (Lipinski definition) is 2. The average Bonchev–Trinajstić information content (AvgIpc) is 2.20. The first-order valence-electron chi connectivity index (χ1n) is 4.68. The molecule has 2 N–H and O–H groups in total. The first-order chi connectivity index (χ1) is 7.07. The van der Waals surface area contributed by atoms with Gasteiger partial charge in [0.1, 0.15) is 6.61 Å². The lowest BCUT2D eigenvalue weighted by molar-refractivity contribution is -0.150. The average molecular weight is 219 g/mol. The summed E-state index contributed by atoms with van der Waals surface area (Å²) in [7, 11) is 1.58. The minimum Gasteiger partial charge on any atom is -0.479 e. The second-order valence-corrected chi connectivity index (χ2v) is 2.99. The molecule has 0 saturated heterocycles. The highest BCUT2D eigenvalue weighted by molar-refractivity contribution is 5.78. The summed E-state index contributed by atoms with van der Waals surface area (Å²) in [6.07, 6.45) is -0.244. The predicted octanol–water partition coefficient (Wildman–Crippen LogP) is -0.371. The normalized spacial score (nSPS) is 12.1. The molecule has 1 amide bonds. The van der Waals surface area contributed by atoms with Crippen LogP contribution in [0.2, 0.25) is 0 Å². The second kappa shape index (κ2) is 8.19. The van der Waals surface area contributed by atoms with Crippen LogP contribution in [-0.4, -0.2) is 50.0 Å². The van der Waals surface area contributed by atoms with Crippen molar-refractivity contribution >= 4 is 11.9 Å². The van der Waals surface area contributed by atoms with Gasteiger partial charge in [-0.15, -0.1) is 0 Å². The van der Waals surface area contributed by atoms with Crippen LogP contribution >= 0.6 is 0 Å². The van der Waals surface area contributed by atoms with E-state index in [9.17, 15) is 9.59 Å². The predicted molar refractivity (Wildman–Crippen MR) is 52.6 cm³/mol. The summed E-state index contributed by atoms with van der Waals surface area (Å²) in [6, 6.07) is 0. The fourth-order valence-corrected chi connectivity index (χ4v) is 0.767. The van der Waals surface area contributed by atoms with Gasteiger partial charge in [0.2, 0.25) is 5.91 Å². The molecule has 0 bridgehead atoms. The van der Waals surface area contributed by atoms with E-state index in [1.54, 1.807) is 7.11 Å². The van der Waals surface area contributed by atoms with Gasteiger partial charge in [0.05, 0.1) is 0 Å². The van der Waals surface area contributed by atoms with E-state index in [-0.39, 0.29) is 12.5 Å². The summed E-state index contributed by atoms with van der Waals surface area (Å²) in [5.74, 6) is -1.40. The Morgan fingerprint density at radius 1 is 1.47 bits per heavy atom. The molecule has 0 saturated carbocycles. The van der Waals surface area contributed by atoms with Crippen molar-refractivity contribution in [2.24, 2.45) is 0 Å². The minimum absolute atomic E-state index is 0.236. The number of carboxylic acids is 1. The zero-order valence-corrected chi connectivity index (χ0v) is 8.99. The highest BCUT2D eigenvalue weighted by Crippen LogP contribution is 1.89. The van der Waals surface area contributed by atoms with Crippen molar-refractivity contribution in [3.63, 3.8) is 0 Å². The zero-order valence-electron chi connectivity index (χ0n) is 8.99. The Kier molecular flexibility index (Phi) is 7.57. The lowest BCUT2D eigenvalue weighted by atomic mass is 10.4. The number of methoxy groups -OCH3 is 1. The van der Waals surface area contributed by atoms with E-state index in [1.807, 2.05) is 0 Å². The quantitative estimate of drug-likeness (QED) is 0.544. The molecule has 0 aromatic rings. The molecule has 0 rings (SSSR count). The minimum atomic E-state index is -1.08. The molecule has 1 atom stereocenters. The summed E-state index contributed by atoms with van der Waals surface area (Å²) in [4.78, 5) is 21.4. The number of carboxylic acid groups (broad SMARTS) is 1. The molecule has 6 heteroatoms. The van der Waals surface area contributed by atoms with E-state index in [4.69, 9.17) is 14.6 Å². The van der Waals surface area contributed by atoms with Crippen molar-refractivity contribution in [3.8, 4) is 0 Å². The molecule has 0 aliphatic heterocycles. The van der Waals surface area contributed by atoms with Crippen LogP contribution in [-0.2, 0) is 19.1 Å². The maximum absolute atomic E-state index is 11.1. The van der Waals surface area contributed by atoms with E-state index >= 15 is 0 Å². The first-order valence-corrected chi connectivity index (χ1v) is 4.68. The van der Waals surface area contributed by atoms with Gasteiger partial charge >= 0.3 is 5.97 Å². The number of nitrogens with one attached hydrogen (secondary N) is 1. The van der Waals surface area contributed by atoms with Crippen molar-refractivity contribution in [2.75, 3.05) is 26.9 Å². The smallest absolute Gasteiger partial charge is 0.332 e. The van der Waals surface area contributed by atoms with Gasteiger partial charge in [-0.2, -0.15) is 0 Å². The Hall–Kier alpha value is -1.14. The standard InChI is InChI=1S/C9H17NO5/c1-7(9(12)13)15-6-8(11)10-4-3-5-14-2/h7H,3-6H2,1-2H3,(H,10,11)(H,12,13)/t7-/m1/s1. The molecule has 88 valence electrons. The molecule has 0 radical (unpaired) electrons. The first kappa shape index (κ1) is 13.9. The largest absolute Gasteiger partial charge is 0.479 e. The maximum atomic E-state index is 11.1. The van der Waals surface area contributed by atoms with Crippen LogP contribution in [0.4, 0.5) is 0 Å². The van der Waals surface area contributed by atoms with Crippen molar-refractivity contribution < 1.29 is 24.2 Å². The fraction of sp³-hybridized carbons (Fsp3) is 0.778. The van der Waals surface area contributed by atoms with Gasteiger partial charge in [0, 0.05) is 20.3 Å². The highest BCUT2D eigenvalue weighted by atomic mass is 16.5. The van der Waals surface area contributed by atoms with Gasteiger partial charge in [-0.1, -0.05) is 0 Å². The van der Waals surface area contributed by atoms with E-state index < -0.39 is 12.1 Å². The summed E-state index contributed by atoms with van der Waals surface area (Å²) >= 11 is 0. The van der Waals surface area contributed by atoms with Gasteiger partial charge < -0.3 is 19.9 Å². The van der Waals surface area contributed by atoms with Crippen molar-refractivity contribution in [1.29, 1.82) is 0 Å². The van der Waals surface area contributed by atoms with Crippen LogP contribution in [0, 0.1) is 0 Å². The van der Waals surface area contributed by atoms with Gasteiger partial charge in [-0.05, 0) is 13.3 Å². The van der Waals surface area contributed by atoms with Crippen LogP contribution in [0.25, 0.3) is 0 Å². The van der Waals surface area contributed by atoms with E-state index in [0.717, 1.165) is 6.42 Å². The molecule has 0 aromatic carbocycles. The number of carbonyl (C=O) groups is 2. The summed E-state index contributed by atoms with van der Waals surface area (Å²) in [5.41, 5.74) is 0. The molecular formula is C9H17NO5. The molecule has 0 spiro atoms. The summed E-state index contributed by atoms with van der Waals surface area (Å²) in [5, 5.41) is 11.0. The van der Waals surface area contributed by atoms with Crippen molar-refractivity contribution in [2.45, 2.75) is 19.4 Å². The lowest BCUT2D eigenvalue weighted by Gasteiger charge is -2.08. The van der Waals surface area contributed by atoms with Crippen LogP contribution in [0.3, 0.4) is 0 Å². The SMILES string of the molecule is COCCCNC(=O)CO[C@H](C)C(=O)O. The Labute approximate surface area is 88.6 Å². The Morgan fingerprint density at radius 3 is 2.67 bits per heavy atom. The van der Waals surface area contributed by atoms with Crippen molar-refractivity contribution in [3.05, 3.63) is 0 Å². The molecule has 0 fully saturated rings. The third-order valence-corrected chi connectivity index (χ3v) is 1.66. The second-order valence-electron chi connectivity index (χ2n) is 2.99. The van der Waals surface area contributed by atoms with E-state index in [1.165, 1.54) is 6.92 Å². The topological polar surface area (TPSA) is 84.9 Å². The monoisotopic (exact) mass is 219 g/mol. The van der Waals surface area contributed by atoms with Gasteiger partial charge in [-0.25, -0.2) is 4.79 Å². The third-order valence-electron chi connectivity index (χ3n) is 1.66. The number of hydrogen-bond acceptors (Lipinski definition) is 4. The molecule has 6 nitrogen and oxygen atoms in total. The van der Waals surface area contributed by atoms with Crippen molar-refractivity contribution in [1.82, 2.24) is 5.32 Å². The highest BCUT2D eigenvalue weighted by Gasteiger charge is 2.12. The van der Waals surface area contributed by atoms with E-state index in [2.05, 4.69) is 5.32 Å². The Morgan fingerprint density at radius 2 is 2.13 bits per heavy atom. The molecule has 0 unspecified atom stereocenters. The van der Waals surface area contributed by atoms with Crippen LogP contribution < -0.4 is 5.32 Å². The summed E-state index contributed by atoms with van der Waals surface area (Å²) < 4.78 is 9.57. The lowest BCUT2D eigenvalue weighted by Crippen LogP contribution is -2.32. The number of carbonyl (C=O) groups excluding carboxylic acids is 1. The molecule has 15 heavy (non-hydrogen) atoms. The molecule has 0 aliphatic rings. The fourth-order valence-electron chi connectivity index (χ4n) is 0.767. The number of ether oxygens (including phenoxy) is 2. The summed E-state index contributed by atoms with van der Waals surface area (Å²) in [6.45, 7) is 2.21. The molecule has 0 aromatic heterocycles. The maximum Gasteiger partial charge on any atom is 0.332 e. The van der Waals surface area contributed by atoms with E-state index in [0.29, 0.717) is 13.2 Å². The molecular weight excluding hydrogens is 202 g/mol. The molecule has 0 aliphatic carbocycles. The van der Waals surface area contributed by atoms with Crippen LogP contribution in [0.5, 0.6) is 0 Å². The van der Waals surface area contributed by atoms with Gasteiger partial charge in [0.25, 0.3) is 0 Å². The molecule has 0 heterocycles. The van der Waals surface area contributed by atoms with Crippen LogP contribution in [0.15, 0.2) is 0 Å². The van der Waals surface area contributed by atoms with Gasteiger partial charge in [-0.3, -0.25) is 4.79 Å². The zero-order chi connectivity index (χ0) is 11.7. The Bertz CT molecular complexity index is 207. The van der Waals surface area contributed by atoms with Crippen LogP contribution in [0.1, 0.15) is 13.3 Å². The number of amides is 1. The third kappa shape index (κ3) is 7.90.